The maximum Gasteiger partial charge on any atom is 0.258 e. The molecule has 3 rings (SSSR count). The summed E-state index contributed by atoms with van der Waals surface area (Å²) in [5.74, 6) is 0.0694. The Hall–Kier alpha value is -2.21. The Morgan fingerprint density at radius 2 is 2.00 bits per heavy atom. The van der Waals surface area contributed by atoms with E-state index in [1.807, 2.05) is 30.4 Å². The van der Waals surface area contributed by atoms with Crippen molar-refractivity contribution in [1.82, 2.24) is 4.98 Å². The van der Waals surface area contributed by atoms with Crippen molar-refractivity contribution in [3.05, 3.63) is 40.5 Å². The van der Waals surface area contributed by atoms with Gasteiger partial charge in [-0.15, -0.1) is 11.3 Å². The zero-order chi connectivity index (χ0) is 18.5. The molecule has 0 bridgehead atoms. The average Bonchev–Trinajstić information content (AvgIpc) is 3.30. The zero-order valence-corrected chi connectivity index (χ0v) is 16.1. The summed E-state index contributed by atoms with van der Waals surface area (Å²) in [4.78, 5) is 21.9. The second kappa shape index (κ2) is 8.45. The summed E-state index contributed by atoms with van der Waals surface area (Å²) in [6, 6.07) is 8.30. The summed E-state index contributed by atoms with van der Waals surface area (Å²) in [5, 5.41) is 5.15. The zero-order valence-electron chi connectivity index (χ0n) is 15.3. The van der Waals surface area contributed by atoms with E-state index in [9.17, 15) is 4.79 Å². The minimum atomic E-state index is -0.534. The lowest BCUT2D eigenvalue weighted by Gasteiger charge is -2.09. The van der Waals surface area contributed by atoms with Gasteiger partial charge in [-0.3, -0.25) is 4.79 Å². The highest BCUT2D eigenvalue weighted by molar-refractivity contribution is 7.15. The first-order valence-electron chi connectivity index (χ1n) is 9.13. The van der Waals surface area contributed by atoms with E-state index in [0.717, 1.165) is 12.0 Å². The van der Waals surface area contributed by atoms with Crippen molar-refractivity contribution < 1.29 is 9.63 Å². The number of carbonyl (C=O) groups is 1. The molecule has 0 unspecified atom stereocenters. The van der Waals surface area contributed by atoms with Crippen molar-refractivity contribution in [3.8, 4) is 10.4 Å². The highest BCUT2D eigenvalue weighted by Gasteiger charge is 2.24. The number of nitrogens with two attached hydrogens (primary N) is 1. The molecule has 0 radical (unpaired) electrons. The normalized spacial score (nSPS) is 15.4. The highest BCUT2D eigenvalue weighted by atomic mass is 32.1. The van der Waals surface area contributed by atoms with Gasteiger partial charge in [0, 0.05) is 5.92 Å². The maximum absolute atomic E-state index is 10.7. The number of carbonyl (C=O) groups excluding carboxylic acids is 1. The summed E-state index contributed by atoms with van der Waals surface area (Å²) in [5.41, 5.74) is 9.21. The van der Waals surface area contributed by atoms with Crippen LogP contribution in [0.2, 0.25) is 0 Å². The Morgan fingerprint density at radius 1 is 1.31 bits per heavy atom. The van der Waals surface area contributed by atoms with E-state index in [1.54, 1.807) is 0 Å². The molecule has 0 spiro atoms. The minimum absolute atomic E-state index is 0.208. The van der Waals surface area contributed by atoms with E-state index in [0.29, 0.717) is 11.6 Å². The van der Waals surface area contributed by atoms with Gasteiger partial charge in [-0.1, -0.05) is 49.2 Å². The third-order valence-electron chi connectivity index (χ3n) is 4.72. The van der Waals surface area contributed by atoms with Gasteiger partial charge in [0.2, 0.25) is 0 Å². The maximum atomic E-state index is 10.7. The Labute approximate surface area is 158 Å². The quantitative estimate of drug-likeness (QED) is 0.583. The van der Waals surface area contributed by atoms with E-state index >= 15 is 0 Å². The second-order valence-corrected chi connectivity index (χ2v) is 7.73. The van der Waals surface area contributed by atoms with Crippen molar-refractivity contribution in [2.24, 2.45) is 10.9 Å². The number of aromatic nitrogens is 1. The van der Waals surface area contributed by atoms with Crippen LogP contribution in [-0.2, 0) is 16.1 Å². The molecule has 1 aliphatic rings. The van der Waals surface area contributed by atoms with Gasteiger partial charge in [-0.2, -0.15) is 0 Å². The first kappa shape index (κ1) is 18.6. The van der Waals surface area contributed by atoms with E-state index in [4.69, 9.17) is 15.6 Å². The van der Waals surface area contributed by atoms with Crippen LogP contribution in [0.5, 0.6) is 0 Å². The van der Waals surface area contributed by atoms with E-state index in [1.165, 1.54) is 46.8 Å². The number of amides is 1. The van der Waals surface area contributed by atoms with Crippen LogP contribution in [-0.4, -0.2) is 23.2 Å². The first-order valence-corrected chi connectivity index (χ1v) is 9.95. The van der Waals surface area contributed by atoms with Crippen LogP contribution in [0, 0.1) is 0 Å². The molecule has 1 aromatic carbocycles. The van der Waals surface area contributed by atoms with E-state index in [2.05, 4.69) is 24.2 Å². The molecule has 26 heavy (non-hydrogen) atoms. The fourth-order valence-corrected chi connectivity index (χ4v) is 4.41. The van der Waals surface area contributed by atoms with Gasteiger partial charge in [0.25, 0.3) is 5.91 Å². The molecule has 1 aliphatic carbocycles. The monoisotopic (exact) mass is 371 g/mol. The first-order chi connectivity index (χ1) is 12.6. The van der Waals surface area contributed by atoms with Gasteiger partial charge in [0.05, 0.1) is 21.3 Å². The molecule has 6 heteroatoms. The standard InChI is InChI=1S/C20H25N3O2S/c1-3-18-22-19(15-6-4-5-7-15)20(26-18)16-10-8-14(9-11-16)13(2)23-25-12-17(21)24/h8-11,15H,3-7,12H2,1-2H3,(H2,21,24). The lowest BCUT2D eigenvalue weighted by molar-refractivity contribution is -0.122. The molecule has 1 saturated carbocycles. The topological polar surface area (TPSA) is 77.6 Å². The smallest absolute Gasteiger partial charge is 0.258 e. The number of hydrogen-bond donors (Lipinski definition) is 1. The lowest BCUT2D eigenvalue weighted by atomic mass is 9.99. The molecule has 1 amide bonds. The van der Waals surface area contributed by atoms with Gasteiger partial charge < -0.3 is 10.6 Å². The Bertz CT molecular complexity index is 790. The van der Waals surface area contributed by atoms with Gasteiger partial charge in [-0.25, -0.2) is 4.98 Å². The third-order valence-corrected chi connectivity index (χ3v) is 5.98. The molecule has 138 valence electrons. The van der Waals surface area contributed by atoms with Crippen LogP contribution in [0.25, 0.3) is 10.4 Å². The lowest BCUT2D eigenvalue weighted by Crippen LogP contribution is -2.16. The molecular weight excluding hydrogens is 346 g/mol. The minimum Gasteiger partial charge on any atom is -0.385 e. The van der Waals surface area contributed by atoms with Crippen LogP contribution in [0.3, 0.4) is 0 Å². The molecular formula is C20H25N3O2S. The molecule has 0 atom stereocenters. The molecule has 1 heterocycles. The number of rotatable bonds is 7. The highest BCUT2D eigenvalue weighted by Crippen LogP contribution is 2.41. The van der Waals surface area contributed by atoms with Crippen molar-refractivity contribution >= 4 is 23.0 Å². The summed E-state index contributed by atoms with van der Waals surface area (Å²) in [7, 11) is 0. The predicted octanol–water partition coefficient (Wildman–Crippen LogP) is 4.26. The fraction of sp³-hybridized carbons (Fsp3) is 0.450. The summed E-state index contributed by atoms with van der Waals surface area (Å²) in [6.45, 7) is 3.80. The van der Waals surface area contributed by atoms with Crippen LogP contribution >= 0.6 is 11.3 Å². The largest absolute Gasteiger partial charge is 0.385 e. The molecule has 2 aromatic rings. The Kier molecular flexibility index (Phi) is 6.04. The van der Waals surface area contributed by atoms with Crippen molar-refractivity contribution in [2.75, 3.05) is 6.61 Å². The van der Waals surface area contributed by atoms with E-state index in [-0.39, 0.29) is 6.61 Å². The number of benzene rings is 1. The van der Waals surface area contributed by atoms with Crippen LogP contribution in [0.15, 0.2) is 29.4 Å². The summed E-state index contributed by atoms with van der Waals surface area (Å²) < 4.78 is 0. The summed E-state index contributed by atoms with van der Waals surface area (Å²) in [6.07, 6.45) is 6.10. The van der Waals surface area contributed by atoms with Crippen molar-refractivity contribution in [1.29, 1.82) is 0 Å². The number of aryl methyl sites for hydroxylation is 1. The molecule has 0 aliphatic heterocycles. The Morgan fingerprint density at radius 3 is 2.62 bits per heavy atom. The SMILES string of the molecule is CCc1nc(C2CCCC2)c(-c2ccc(C(C)=NOCC(N)=O)cc2)s1. The van der Waals surface area contributed by atoms with Gasteiger partial charge in [0.15, 0.2) is 6.61 Å². The van der Waals surface area contributed by atoms with Crippen LogP contribution in [0.1, 0.15) is 61.7 Å². The van der Waals surface area contributed by atoms with Crippen LogP contribution < -0.4 is 5.73 Å². The Balaban J connectivity index is 1.82. The van der Waals surface area contributed by atoms with Crippen molar-refractivity contribution in [2.45, 2.75) is 51.9 Å². The molecule has 2 N–H and O–H groups in total. The molecule has 0 saturated heterocycles. The summed E-state index contributed by atoms with van der Waals surface area (Å²) >= 11 is 1.81. The number of thiazole rings is 1. The number of primary amides is 1. The van der Waals surface area contributed by atoms with Crippen LogP contribution in [0.4, 0.5) is 0 Å². The third kappa shape index (κ3) is 4.30. The number of oxime groups is 1. The molecule has 1 fully saturated rings. The molecule has 1 aromatic heterocycles. The average molecular weight is 372 g/mol. The van der Waals surface area contributed by atoms with Gasteiger partial charge >= 0.3 is 0 Å². The molecule has 5 nitrogen and oxygen atoms in total. The number of nitrogens with zero attached hydrogens (tertiary/aromatic N) is 2. The van der Waals surface area contributed by atoms with E-state index < -0.39 is 5.91 Å². The van der Waals surface area contributed by atoms with Crippen molar-refractivity contribution in [3.63, 3.8) is 0 Å². The fourth-order valence-electron chi connectivity index (χ4n) is 3.32. The number of hydrogen-bond acceptors (Lipinski definition) is 5. The second-order valence-electron chi connectivity index (χ2n) is 6.65. The van der Waals surface area contributed by atoms with Gasteiger partial charge in [-0.05, 0) is 37.3 Å². The predicted molar refractivity (Wildman–Crippen MR) is 105 cm³/mol. The van der Waals surface area contributed by atoms with Gasteiger partial charge in [0.1, 0.15) is 0 Å².